The van der Waals surface area contributed by atoms with Crippen molar-refractivity contribution in [2.24, 2.45) is 0 Å². The summed E-state index contributed by atoms with van der Waals surface area (Å²) in [5, 5.41) is 16.5. The largest absolute Gasteiger partial charge is 0.462 e. The quantitative estimate of drug-likeness (QED) is 0.135. The molecule has 3 N–H and O–H groups in total. The van der Waals surface area contributed by atoms with Crippen LogP contribution in [0.15, 0.2) is 30.3 Å². The molecule has 0 radical (unpaired) electrons. The minimum absolute atomic E-state index is 0.221. The average molecular weight is 813 g/mol. The number of aliphatic hydroxyl groups is 1. The van der Waals surface area contributed by atoms with Crippen molar-refractivity contribution in [1.82, 2.24) is 10.6 Å². The van der Waals surface area contributed by atoms with Crippen LogP contribution in [0.5, 0.6) is 5.75 Å². The average Bonchev–Trinajstić information content (AvgIpc) is 3.11. The van der Waals surface area contributed by atoms with Gasteiger partial charge >= 0.3 is 35.8 Å². The number of para-hydroxylation sites is 1. The summed E-state index contributed by atoms with van der Waals surface area (Å²) in [6.45, 7) is 5.83. The molecule has 2 aliphatic heterocycles. The molecule has 1 aromatic rings. The molecule has 2 fully saturated rings. The standard InChI is InChI=1S/C36H48N2O19/c1-17(39)38-28-25(50-19(3)41)14-36(35(47)37-8,57-31(28)30(52-21(5)43)27(51-20(4)42)15-48-18(2)40)49-16-26-29(46)32(53-22(6)44)33(54-23(7)45)34(56-26)55-24-12-10-9-11-13-24/h9-13,25-34,46H,14-16H2,1-8H3,(H,37,47)(H,38,39)/t25-,26+,27+,28+,29+,30+,31+,32-,33+,34+,36+/m0/s1. The Hall–Kier alpha value is -5.38. The Morgan fingerprint density at radius 2 is 1.40 bits per heavy atom. The van der Waals surface area contributed by atoms with E-state index < -0.39 is 134 Å². The first-order valence-electron chi connectivity index (χ1n) is 17.6. The van der Waals surface area contributed by atoms with Gasteiger partial charge in [-0.15, -0.1) is 0 Å². The van der Waals surface area contributed by atoms with E-state index in [0.29, 0.717) is 0 Å². The molecule has 2 saturated heterocycles. The highest BCUT2D eigenvalue weighted by atomic mass is 16.8. The molecular weight excluding hydrogens is 764 g/mol. The number of carbonyl (C=O) groups excluding carboxylic acids is 8. The van der Waals surface area contributed by atoms with Crippen LogP contribution in [0, 0.1) is 0 Å². The van der Waals surface area contributed by atoms with E-state index in [2.05, 4.69) is 10.6 Å². The fourth-order valence-corrected chi connectivity index (χ4v) is 6.22. The van der Waals surface area contributed by atoms with Gasteiger partial charge in [0.15, 0.2) is 18.3 Å². The lowest BCUT2D eigenvalue weighted by atomic mass is 9.87. The second-order valence-corrected chi connectivity index (χ2v) is 12.9. The van der Waals surface area contributed by atoms with E-state index in [-0.39, 0.29) is 5.75 Å². The molecule has 0 aromatic heterocycles. The molecule has 316 valence electrons. The number of esters is 6. The van der Waals surface area contributed by atoms with Crippen LogP contribution in [-0.4, -0.2) is 140 Å². The van der Waals surface area contributed by atoms with Crippen molar-refractivity contribution < 1.29 is 90.8 Å². The number of hydrogen-bond acceptors (Lipinski definition) is 19. The van der Waals surface area contributed by atoms with Gasteiger partial charge in [-0.25, -0.2) is 0 Å². The summed E-state index contributed by atoms with van der Waals surface area (Å²) in [4.78, 5) is 100. The van der Waals surface area contributed by atoms with E-state index in [1.54, 1.807) is 30.3 Å². The highest BCUT2D eigenvalue weighted by Crippen LogP contribution is 2.38. The molecule has 0 bridgehead atoms. The van der Waals surface area contributed by atoms with Gasteiger partial charge in [0.1, 0.15) is 36.8 Å². The van der Waals surface area contributed by atoms with Crippen LogP contribution in [0.4, 0.5) is 0 Å². The third kappa shape index (κ3) is 13.1. The fourth-order valence-electron chi connectivity index (χ4n) is 6.22. The Kier molecular flexibility index (Phi) is 16.7. The molecule has 2 heterocycles. The first-order chi connectivity index (χ1) is 26.8. The van der Waals surface area contributed by atoms with Crippen LogP contribution in [0.3, 0.4) is 0 Å². The predicted molar refractivity (Wildman–Crippen MR) is 186 cm³/mol. The van der Waals surface area contributed by atoms with Gasteiger partial charge in [-0.05, 0) is 12.1 Å². The maximum Gasteiger partial charge on any atom is 0.303 e. The van der Waals surface area contributed by atoms with Gasteiger partial charge in [-0.2, -0.15) is 0 Å². The molecule has 0 aliphatic carbocycles. The number of aliphatic hydroxyl groups excluding tert-OH is 1. The van der Waals surface area contributed by atoms with E-state index in [1.807, 2.05) is 0 Å². The lowest BCUT2D eigenvalue weighted by Gasteiger charge is -2.49. The molecule has 21 heteroatoms. The van der Waals surface area contributed by atoms with E-state index in [4.69, 9.17) is 47.4 Å². The van der Waals surface area contributed by atoms with E-state index >= 15 is 0 Å². The zero-order valence-electron chi connectivity index (χ0n) is 32.6. The van der Waals surface area contributed by atoms with Gasteiger partial charge in [-0.3, -0.25) is 38.4 Å². The first kappa shape index (κ1) is 46.0. The Balaban J connectivity index is 2.17. The van der Waals surface area contributed by atoms with Crippen molar-refractivity contribution in [2.75, 3.05) is 20.3 Å². The Morgan fingerprint density at radius 3 is 1.93 bits per heavy atom. The van der Waals surface area contributed by atoms with Gasteiger partial charge < -0.3 is 63.1 Å². The van der Waals surface area contributed by atoms with Crippen molar-refractivity contribution >= 4 is 47.6 Å². The van der Waals surface area contributed by atoms with Crippen LogP contribution in [0.25, 0.3) is 0 Å². The number of carbonyl (C=O) groups is 8. The smallest absolute Gasteiger partial charge is 0.303 e. The van der Waals surface area contributed by atoms with Crippen LogP contribution in [0.2, 0.25) is 0 Å². The second kappa shape index (κ2) is 20.7. The molecule has 0 saturated carbocycles. The van der Waals surface area contributed by atoms with Gasteiger partial charge in [0, 0.05) is 55.5 Å². The zero-order chi connectivity index (χ0) is 42.6. The third-order valence-electron chi connectivity index (χ3n) is 8.27. The summed E-state index contributed by atoms with van der Waals surface area (Å²) in [7, 11) is 1.20. The summed E-state index contributed by atoms with van der Waals surface area (Å²) >= 11 is 0. The van der Waals surface area contributed by atoms with Crippen LogP contribution < -0.4 is 15.4 Å². The topological polar surface area (TPSA) is 273 Å². The minimum atomic E-state index is -2.57. The Bertz CT molecular complexity index is 1620. The molecule has 11 atom stereocenters. The van der Waals surface area contributed by atoms with E-state index in [9.17, 15) is 43.5 Å². The van der Waals surface area contributed by atoms with Gasteiger partial charge in [-0.1, -0.05) is 18.2 Å². The van der Waals surface area contributed by atoms with Crippen molar-refractivity contribution in [2.45, 2.75) is 122 Å². The molecule has 57 heavy (non-hydrogen) atoms. The zero-order valence-corrected chi connectivity index (χ0v) is 32.6. The number of hydrogen-bond donors (Lipinski definition) is 3. The molecule has 0 spiro atoms. The van der Waals surface area contributed by atoms with Crippen LogP contribution in [-0.2, 0) is 81.0 Å². The Labute approximate surface area is 327 Å². The monoisotopic (exact) mass is 812 g/mol. The van der Waals surface area contributed by atoms with Gasteiger partial charge in [0.25, 0.3) is 11.7 Å². The second-order valence-electron chi connectivity index (χ2n) is 12.9. The highest BCUT2D eigenvalue weighted by Gasteiger charge is 2.59. The number of benzene rings is 1. The molecule has 21 nitrogen and oxygen atoms in total. The minimum Gasteiger partial charge on any atom is -0.462 e. The van der Waals surface area contributed by atoms with Gasteiger partial charge in [0.05, 0.1) is 19.1 Å². The highest BCUT2D eigenvalue weighted by molar-refractivity contribution is 5.84. The summed E-state index contributed by atoms with van der Waals surface area (Å²) in [6, 6.07) is 6.62. The van der Waals surface area contributed by atoms with Crippen molar-refractivity contribution in [3.8, 4) is 5.75 Å². The fraction of sp³-hybridized carbons (Fsp3) is 0.611. The van der Waals surface area contributed by atoms with Crippen LogP contribution >= 0.6 is 0 Å². The summed E-state index contributed by atoms with van der Waals surface area (Å²) in [5.74, 6) is -9.41. The predicted octanol–water partition coefficient (Wildman–Crippen LogP) is -0.875. The number of rotatable bonds is 16. The summed E-state index contributed by atoms with van der Waals surface area (Å²) in [5.41, 5.74) is 0. The number of likely N-dealkylation sites (N-methyl/N-ethyl adjacent to an activating group) is 1. The number of nitrogens with one attached hydrogen (secondary N) is 2. The molecule has 3 rings (SSSR count). The third-order valence-corrected chi connectivity index (χ3v) is 8.27. The molecular formula is C36H48N2O19. The summed E-state index contributed by atoms with van der Waals surface area (Å²) in [6.07, 6.45) is -15.5. The summed E-state index contributed by atoms with van der Waals surface area (Å²) < 4.78 is 56.8. The van der Waals surface area contributed by atoms with E-state index in [0.717, 1.165) is 48.5 Å². The normalized spacial score (nSPS) is 27.9. The molecule has 0 unspecified atom stereocenters. The number of ether oxygens (including phenoxy) is 10. The molecule has 2 aliphatic rings. The lowest BCUT2D eigenvalue weighted by Crippen LogP contribution is -2.70. The maximum atomic E-state index is 13.9. The maximum absolute atomic E-state index is 13.9. The SMILES string of the molecule is CNC(=O)[C@@]1(OC[C@H]2O[C@@H](Oc3ccccc3)[C@H](OC(C)=O)[C@@H](OC(C)=O)[C@@H]2O)C[C@H](OC(C)=O)[C@@H](NC(C)=O)[C@H]([C@H](OC(C)=O)[C@@H](COC(C)=O)OC(C)=O)O1. The Morgan fingerprint density at radius 1 is 0.807 bits per heavy atom. The number of amides is 2. The van der Waals surface area contributed by atoms with Crippen LogP contribution in [0.1, 0.15) is 54.9 Å². The van der Waals surface area contributed by atoms with E-state index in [1.165, 1.54) is 7.05 Å². The lowest BCUT2D eigenvalue weighted by molar-refractivity contribution is -0.329. The van der Waals surface area contributed by atoms with Crippen molar-refractivity contribution in [3.05, 3.63) is 30.3 Å². The first-order valence-corrected chi connectivity index (χ1v) is 17.6. The van der Waals surface area contributed by atoms with Crippen molar-refractivity contribution in [1.29, 1.82) is 0 Å². The van der Waals surface area contributed by atoms with Crippen molar-refractivity contribution in [3.63, 3.8) is 0 Å². The van der Waals surface area contributed by atoms with Gasteiger partial charge in [0.2, 0.25) is 18.3 Å². The molecule has 1 aromatic carbocycles. The molecule has 2 amide bonds.